The molecule has 0 saturated heterocycles. The van der Waals surface area contributed by atoms with Gasteiger partial charge in [0, 0.05) is 0 Å². The van der Waals surface area contributed by atoms with E-state index in [2.05, 4.69) is 25.9 Å². The predicted molar refractivity (Wildman–Crippen MR) is 56.6 cm³/mol. The fourth-order valence-electron chi connectivity index (χ4n) is 1.09. The summed E-state index contributed by atoms with van der Waals surface area (Å²) in [6.45, 7) is 0. The van der Waals surface area contributed by atoms with Gasteiger partial charge in [0.2, 0.25) is 0 Å². The first kappa shape index (κ1) is 9.42. The van der Waals surface area contributed by atoms with Crippen molar-refractivity contribution in [3.05, 3.63) is 27.9 Å². The molecular weight excluding hydrogens is 268 g/mol. The van der Waals surface area contributed by atoms with Crippen molar-refractivity contribution in [2.24, 2.45) is 0 Å². The molecule has 2 N–H and O–H groups in total. The van der Waals surface area contributed by atoms with Crippen LogP contribution in [-0.4, -0.2) is 21.0 Å². The van der Waals surface area contributed by atoms with Gasteiger partial charge in [0.05, 0.1) is 20.7 Å². The number of carbonyl (C=O) groups is 1. The van der Waals surface area contributed by atoms with Gasteiger partial charge in [0.15, 0.2) is 5.69 Å². The number of nitrogens with one attached hydrogen (secondary N) is 1. The Morgan fingerprint density at radius 1 is 1.57 bits per heavy atom. The number of H-pyrrole nitrogens is 1. The maximum absolute atomic E-state index is 10.8. The Morgan fingerprint density at radius 3 is 2.93 bits per heavy atom. The van der Waals surface area contributed by atoms with E-state index in [9.17, 15) is 4.79 Å². The molecule has 0 saturated carbocycles. The summed E-state index contributed by atoms with van der Waals surface area (Å²) >= 11 is 4.78. The highest BCUT2D eigenvalue weighted by Gasteiger charge is 2.15. The summed E-state index contributed by atoms with van der Waals surface area (Å²) in [5.74, 6) is -1.02. The normalized spacial score (nSPS) is 10.4. The van der Waals surface area contributed by atoms with Crippen molar-refractivity contribution in [1.82, 2.24) is 9.97 Å². The Bertz CT molecular complexity index is 477. The molecule has 0 unspecified atom stereocenters. The third kappa shape index (κ3) is 1.58. The number of aromatic nitrogens is 2. The van der Waals surface area contributed by atoms with Gasteiger partial charge in [0.25, 0.3) is 0 Å². The number of hydrogen-bond donors (Lipinski definition) is 2. The Labute approximate surface area is 91.7 Å². The van der Waals surface area contributed by atoms with Gasteiger partial charge in [-0.3, -0.25) is 0 Å². The number of carboxylic acids is 1. The number of imidazole rings is 1. The number of thiophene rings is 1. The molecular formula is C8H5BrN2O2S. The van der Waals surface area contributed by atoms with E-state index in [0.717, 1.165) is 8.66 Å². The number of halogens is 1. The summed E-state index contributed by atoms with van der Waals surface area (Å²) in [5, 5.41) is 8.83. The SMILES string of the molecule is O=C(O)c1nc[nH]c1-c1ccc(Br)s1. The first-order valence-electron chi connectivity index (χ1n) is 3.71. The van der Waals surface area contributed by atoms with E-state index in [1.807, 2.05) is 12.1 Å². The molecule has 14 heavy (non-hydrogen) atoms. The summed E-state index contributed by atoms with van der Waals surface area (Å²) in [4.78, 5) is 18.2. The molecule has 4 nitrogen and oxygen atoms in total. The molecule has 0 radical (unpaired) electrons. The minimum atomic E-state index is -1.02. The molecule has 6 heteroatoms. The summed E-state index contributed by atoms with van der Waals surface area (Å²) in [5.41, 5.74) is 0.604. The lowest BCUT2D eigenvalue weighted by Crippen LogP contribution is -1.98. The highest BCUT2D eigenvalue weighted by Crippen LogP contribution is 2.31. The molecule has 2 heterocycles. The number of aromatic carboxylic acids is 1. The number of aromatic amines is 1. The largest absolute Gasteiger partial charge is 0.476 e. The van der Waals surface area contributed by atoms with Crippen LogP contribution in [0.5, 0.6) is 0 Å². The fraction of sp³-hybridized carbons (Fsp3) is 0. The van der Waals surface area contributed by atoms with E-state index in [4.69, 9.17) is 5.11 Å². The van der Waals surface area contributed by atoms with Gasteiger partial charge in [-0.1, -0.05) is 0 Å². The lowest BCUT2D eigenvalue weighted by atomic mass is 10.3. The zero-order valence-corrected chi connectivity index (χ0v) is 9.22. The molecule has 0 spiro atoms. The van der Waals surface area contributed by atoms with Gasteiger partial charge in [-0.2, -0.15) is 0 Å². The topological polar surface area (TPSA) is 66.0 Å². The quantitative estimate of drug-likeness (QED) is 0.883. The van der Waals surface area contributed by atoms with E-state index in [1.165, 1.54) is 17.7 Å². The first-order valence-corrected chi connectivity index (χ1v) is 5.32. The Morgan fingerprint density at radius 2 is 2.36 bits per heavy atom. The summed E-state index contributed by atoms with van der Waals surface area (Å²) in [7, 11) is 0. The smallest absolute Gasteiger partial charge is 0.356 e. The third-order valence-corrected chi connectivity index (χ3v) is 3.30. The average Bonchev–Trinajstić information content (AvgIpc) is 2.70. The van der Waals surface area contributed by atoms with Crippen LogP contribution in [0.2, 0.25) is 0 Å². The van der Waals surface area contributed by atoms with Crippen LogP contribution in [0.1, 0.15) is 10.5 Å². The molecule has 0 bridgehead atoms. The Balaban J connectivity index is 2.51. The number of carboxylic acid groups (broad SMARTS) is 1. The zero-order chi connectivity index (χ0) is 10.1. The maximum Gasteiger partial charge on any atom is 0.356 e. The second-order valence-electron chi connectivity index (χ2n) is 2.54. The standard InChI is InChI=1S/C8H5BrN2O2S/c9-5-2-1-4(14-5)6-7(8(12)13)11-3-10-6/h1-3H,(H,10,11)(H,12,13). The number of nitrogens with zero attached hydrogens (tertiary/aromatic N) is 1. The lowest BCUT2D eigenvalue weighted by molar-refractivity contribution is 0.0692. The summed E-state index contributed by atoms with van der Waals surface area (Å²) in [6.07, 6.45) is 1.38. The van der Waals surface area contributed by atoms with Crippen molar-refractivity contribution in [2.45, 2.75) is 0 Å². The van der Waals surface area contributed by atoms with Crippen molar-refractivity contribution in [3.8, 4) is 10.6 Å². The Kier molecular flexibility index (Phi) is 2.39. The molecule has 0 aliphatic rings. The van der Waals surface area contributed by atoms with Crippen LogP contribution in [0.3, 0.4) is 0 Å². The minimum absolute atomic E-state index is 0.0550. The van der Waals surface area contributed by atoms with Gasteiger partial charge in [-0.05, 0) is 28.1 Å². The highest BCUT2D eigenvalue weighted by molar-refractivity contribution is 9.11. The molecule has 0 atom stereocenters. The molecule has 2 rings (SSSR count). The monoisotopic (exact) mass is 272 g/mol. The van der Waals surface area contributed by atoms with Gasteiger partial charge in [0.1, 0.15) is 0 Å². The molecule has 0 aliphatic carbocycles. The highest BCUT2D eigenvalue weighted by atomic mass is 79.9. The van der Waals surface area contributed by atoms with Crippen molar-refractivity contribution < 1.29 is 9.90 Å². The average molecular weight is 273 g/mol. The first-order chi connectivity index (χ1) is 6.68. The van der Waals surface area contributed by atoms with Crippen LogP contribution in [-0.2, 0) is 0 Å². The van der Waals surface area contributed by atoms with E-state index in [1.54, 1.807) is 0 Å². The van der Waals surface area contributed by atoms with Gasteiger partial charge < -0.3 is 10.1 Å². The van der Waals surface area contributed by atoms with E-state index >= 15 is 0 Å². The van der Waals surface area contributed by atoms with Gasteiger partial charge >= 0.3 is 5.97 Å². The van der Waals surface area contributed by atoms with E-state index in [-0.39, 0.29) is 5.69 Å². The lowest BCUT2D eigenvalue weighted by Gasteiger charge is -1.93. The molecule has 0 fully saturated rings. The van der Waals surface area contributed by atoms with Crippen molar-refractivity contribution >= 4 is 33.2 Å². The molecule has 0 aromatic carbocycles. The molecule has 72 valence electrons. The van der Waals surface area contributed by atoms with E-state index in [0.29, 0.717) is 5.69 Å². The predicted octanol–water partition coefficient (Wildman–Crippen LogP) is 2.60. The second-order valence-corrected chi connectivity index (χ2v) is 5.00. The number of rotatable bonds is 2. The maximum atomic E-state index is 10.8. The van der Waals surface area contributed by atoms with Crippen LogP contribution < -0.4 is 0 Å². The molecule has 2 aromatic heterocycles. The Hall–Kier alpha value is -1.14. The third-order valence-electron chi connectivity index (χ3n) is 1.66. The van der Waals surface area contributed by atoms with Crippen LogP contribution in [0.4, 0.5) is 0 Å². The van der Waals surface area contributed by atoms with Crippen LogP contribution in [0.15, 0.2) is 22.2 Å². The molecule has 0 amide bonds. The van der Waals surface area contributed by atoms with Crippen LogP contribution in [0, 0.1) is 0 Å². The number of hydrogen-bond acceptors (Lipinski definition) is 3. The van der Waals surface area contributed by atoms with Crippen LogP contribution in [0.25, 0.3) is 10.6 Å². The zero-order valence-electron chi connectivity index (χ0n) is 6.82. The van der Waals surface area contributed by atoms with E-state index < -0.39 is 5.97 Å². The molecule has 2 aromatic rings. The molecule has 0 aliphatic heterocycles. The van der Waals surface area contributed by atoms with Crippen molar-refractivity contribution in [3.63, 3.8) is 0 Å². The summed E-state index contributed by atoms with van der Waals surface area (Å²) < 4.78 is 0.957. The fourth-order valence-corrected chi connectivity index (χ4v) is 2.49. The van der Waals surface area contributed by atoms with Crippen molar-refractivity contribution in [2.75, 3.05) is 0 Å². The van der Waals surface area contributed by atoms with Gasteiger partial charge in [-0.15, -0.1) is 11.3 Å². The second kappa shape index (κ2) is 3.55. The van der Waals surface area contributed by atoms with Crippen LogP contribution >= 0.6 is 27.3 Å². The summed E-state index contributed by atoms with van der Waals surface area (Å²) in [6, 6.07) is 3.71. The van der Waals surface area contributed by atoms with Gasteiger partial charge in [-0.25, -0.2) is 9.78 Å². The minimum Gasteiger partial charge on any atom is -0.476 e. The van der Waals surface area contributed by atoms with Crippen molar-refractivity contribution in [1.29, 1.82) is 0 Å².